The van der Waals surface area contributed by atoms with Crippen molar-refractivity contribution in [3.8, 4) is 0 Å². The quantitative estimate of drug-likeness (QED) is 0.660. The maximum absolute atomic E-state index is 11.2. The predicted molar refractivity (Wildman–Crippen MR) is 52.0 cm³/mol. The molecule has 5 heteroatoms. The summed E-state index contributed by atoms with van der Waals surface area (Å²) >= 11 is 0. The van der Waals surface area contributed by atoms with Gasteiger partial charge in [0.25, 0.3) is 0 Å². The molecule has 0 aromatic heterocycles. The van der Waals surface area contributed by atoms with Crippen LogP contribution in [0.2, 0.25) is 0 Å². The molecule has 15 heavy (non-hydrogen) atoms. The van der Waals surface area contributed by atoms with Crippen LogP contribution in [0.1, 0.15) is 13.3 Å². The summed E-state index contributed by atoms with van der Waals surface area (Å²) in [6, 6.07) is 0. The summed E-state index contributed by atoms with van der Waals surface area (Å²) < 4.78 is 9.37. The fraction of sp³-hybridized carbons (Fsp3) is 0.500. The molecule has 0 saturated carbocycles. The van der Waals surface area contributed by atoms with Crippen molar-refractivity contribution in [1.29, 1.82) is 0 Å². The summed E-state index contributed by atoms with van der Waals surface area (Å²) in [7, 11) is 2.58. The Kier molecular flexibility index (Phi) is 3.04. The molecular formula is C10H14O5. The Morgan fingerprint density at radius 1 is 1.53 bits per heavy atom. The third-order valence-electron chi connectivity index (χ3n) is 2.22. The highest BCUT2D eigenvalue weighted by molar-refractivity contribution is 5.89. The molecule has 1 aliphatic rings. The first-order valence-electron chi connectivity index (χ1n) is 4.41. The van der Waals surface area contributed by atoms with Crippen molar-refractivity contribution in [2.75, 3.05) is 14.2 Å². The summed E-state index contributed by atoms with van der Waals surface area (Å²) in [6.07, 6.45) is 1.29. The van der Waals surface area contributed by atoms with E-state index in [4.69, 9.17) is 4.74 Å². The highest BCUT2D eigenvalue weighted by Crippen LogP contribution is 2.32. The van der Waals surface area contributed by atoms with Gasteiger partial charge in [-0.1, -0.05) is 0 Å². The van der Waals surface area contributed by atoms with Gasteiger partial charge in [0, 0.05) is 12.0 Å². The molecule has 0 radical (unpaired) electrons. The topological polar surface area (TPSA) is 76.0 Å². The van der Waals surface area contributed by atoms with Crippen molar-refractivity contribution in [1.82, 2.24) is 0 Å². The molecule has 84 valence electrons. The number of methoxy groups -OCH3 is 2. The minimum absolute atomic E-state index is 0.0485. The van der Waals surface area contributed by atoms with Gasteiger partial charge in [-0.25, -0.2) is 4.79 Å². The SMILES string of the molecule is COC(=O)C1=CC(O)=C(OC)C(C)(O)C1. The Hall–Kier alpha value is -1.49. The van der Waals surface area contributed by atoms with Crippen LogP contribution in [0, 0.1) is 0 Å². The van der Waals surface area contributed by atoms with E-state index in [1.54, 1.807) is 0 Å². The van der Waals surface area contributed by atoms with Crippen molar-refractivity contribution in [2.45, 2.75) is 18.9 Å². The van der Waals surface area contributed by atoms with Gasteiger partial charge in [0.15, 0.2) is 11.5 Å². The molecule has 0 amide bonds. The van der Waals surface area contributed by atoms with E-state index in [0.29, 0.717) is 0 Å². The minimum Gasteiger partial charge on any atom is -0.504 e. The lowest BCUT2D eigenvalue weighted by Gasteiger charge is -2.29. The number of hydrogen-bond donors (Lipinski definition) is 2. The molecule has 0 aromatic rings. The summed E-state index contributed by atoms with van der Waals surface area (Å²) in [5.74, 6) is -0.777. The molecule has 2 N–H and O–H groups in total. The normalized spacial score (nSPS) is 26.0. The molecule has 0 aromatic carbocycles. The van der Waals surface area contributed by atoms with Crippen LogP contribution in [-0.2, 0) is 14.3 Å². The van der Waals surface area contributed by atoms with Gasteiger partial charge in [0.2, 0.25) is 0 Å². The largest absolute Gasteiger partial charge is 0.504 e. The van der Waals surface area contributed by atoms with Crippen LogP contribution >= 0.6 is 0 Å². The molecule has 0 bridgehead atoms. The smallest absolute Gasteiger partial charge is 0.333 e. The fourth-order valence-electron chi connectivity index (χ4n) is 1.60. The van der Waals surface area contributed by atoms with Gasteiger partial charge in [0.05, 0.1) is 14.2 Å². The zero-order valence-electron chi connectivity index (χ0n) is 8.90. The third-order valence-corrected chi connectivity index (χ3v) is 2.22. The van der Waals surface area contributed by atoms with E-state index in [2.05, 4.69) is 4.74 Å². The Morgan fingerprint density at radius 2 is 2.13 bits per heavy atom. The second-order valence-corrected chi connectivity index (χ2v) is 3.53. The van der Waals surface area contributed by atoms with Gasteiger partial charge in [0.1, 0.15) is 5.60 Å². The van der Waals surface area contributed by atoms with Gasteiger partial charge >= 0.3 is 5.97 Å². The minimum atomic E-state index is -1.39. The van der Waals surface area contributed by atoms with Gasteiger partial charge in [-0.3, -0.25) is 0 Å². The Balaban J connectivity index is 3.11. The molecular weight excluding hydrogens is 200 g/mol. The lowest BCUT2D eigenvalue weighted by Crippen LogP contribution is -2.34. The molecule has 0 saturated heterocycles. The third kappa shape index (κ3) is 2.12. The van der Waals surface area contributed by atoms with Crippen molar-refractivity contribution in [2.24, 2.45) is 0 Å². The Labute approximate surface area is 87.6 Å². The Bertz CT molecular complexity index is 338. The average molecular weight is 214 g/mol. The summed E-state index contributed by atoms with van der Waals surface area (Å²) in [6.45, 7) is 1.46. The Morgan fingerprint density at radius 3 is 2.53 bits per heavy atom. The molecule has 0 heterocycles. The van der Waals surface area contributed by atoms with E-state index < -0.39 is 11.6 Å². The number of aliphatic hydroxyl groups is 2. The molecule has 0 aliphatic heterocycles. The van der Waals surface area contributed by atoms with Gasteiger partial charge in [-0.15, -0.1) is 0 Å². The number of carbonyl (C=O) groups excluding carboxylic acids is 1. The van der Waals surface area contributed by atoms with E-state index >= 15 is 0 Å². The first-order chi connectivity index (χ1) is 6.92. The first-order valence-corrected chi connectivity index (χ1v) is 4.41. The van der Waals surface area contributed by atoms with E-state index in [0.717, 1.165) is 0 Å². The van der Waals surface area contributed by atoms with Crippen LogP contribution in [0.4, 0.5) is 0 Å². The summed E-state index contributed by atoms with van der Waals surface area (Å²) in [5, 5.41) is 19.5. The molecule has 1 unspecified atom stereocenters. The van der Waals surface area contributed by atoms with Crippen molar-refractivity contribution >= 4 is 5.97 Å². The molecule has 1 atom stereocenters. The maximum Gasteiger partial charge on any atom is 0.333 e. The number of allylic oxidation sites excluding steroid dienone is 1. The number of rotatable bonds is 2. The number of esters is 1. The van der Waals surface area contributed by atoms with E-state index in [1.165, 1.54) is 27.2 Å². The van der Waals surface area contributed by atoms with E-state index in [1.807, 2.05) is 0 Å². The fourth-order valence-corrected chi connectivity index (χ4v) is 1.60. The average Bonchev–Trinajstić information content (AvgIpc) is 2.14. The number of ether oxygens (including phenoxy) is 2. The molecule has 1 rings (SSSR count). The van der Waals surface area contributed by atoms with Crippen LogP contribution in [0.25, 0.3) is 0 Å². The van der Waals surface area contributed by atoms with Crippen molar-refractivity contribution < 1.29 is 24.5 Å². The summed E-state index contributed by atoms with van der Waals surface area (Å²) in [5.41, 5.74) is -1.18. The highest BCUT2D eigenvalue weighted by atomic mass is 16.5. The van der Waals surface area contributed by atoms with E-state index in [-0.39, 0.29) is 23.5 Å². The lowest BCUT2D eigenvalue weighted by molar-refractivity contribution is -0.137. The molecule has 0 spiro atoms. The predicted octanol–water partition coefficient (Wildman–Crippen LogP) is 0.656. The first kappa shape index (κ1) is 11.6. The van der Waals surface area contributed by atoms with Crippen molar-refractivity contribution in [3.63, 3.8) is 0 Å². The zero-order valence-corrected chi connectivity index (χ0v) is 8.90. The maximum atomic E-state index is 11.2. The van der Waals surface area contributed by atoms with E-state index in [9.17, 15) is 15.0 Å². The van der Waals surface area contributed by atoms with Crippen LogP contribution in [0.3, 0.4) is 0 Å². The summed E-state index contributed by atoms with van der Waals surface area (Å²) in [4.78, 5) is 11.2. The lowest BCUT2D eigenvalue weighted by atomic mass is 9.89. The van der Waals surface area contributed by atoms with Crippen molar-refractivity contribution in [3.05, 3.63) is 23.2 Å². The standard InChI is InChI=1S/C10H14O5/c1-10(13)5-6(9(12)15-3)4-7(11)8(10)14-2/h4,11,13H,5H2,1-3H3. The van der Waals surface area contributed by atoms with Crippen LogP contribution in [-0.4, -0.2) is 36.0 Å². The van der Waals surface area contributed by atoms with Gasteiger partial charge in [-0.05, 0) is 13.0 Å². The second-order valence-electron chi connectivity index (χ2n) is 3.53. The molecule has 5 nitrogen and oxygen atoms in total. The zero-order chi connectivity index (χ0) is 11.6. The number of hydrogen-bond acceptors (Lipinski definition) is 5. The number of aliphatic hydroxyl groups excluding tert-OH is 1. The molecule has 1 aliphatic carbocycles. The highest BCUT2D eigenvalue weighted by Gasteiger charge is 2.36. The van der Waals surface area contributed by atoms with Gasteiger partial charge in [-0.2, -0.15) is 0 Å². The van der Waals surface area contributed by atoms with Crippen LogP contribution in [0.5, 0.6) is 0 Å². The van der Waals surface area contributed by atoms with Gasteiger partial charge < -0.3 is 19.7 Å². The van der Waals surface area contributed by atoms with Crippen LogP contribution < -0.4 is 0 Å². The molecule has 0 fully saturated rings. The monoisotopic (exact) mass is 214 g/mol. The number of carbonyl (C=O) groups is 1. The van der Waals surface area contributed by atoms with Crippen LogP contribution in [0.15, 0.2) is 23.2 Å². The second kappa shape index (κ2) is 3.94.